The van der Waals surface area contributed by atoms with Crippen LogP contribution < -0.4 is 5.32 Å². The molecule has 0 fully saturated rings. The van der Waals surface area contributed by atoms with E-state index in [4.69, 9.17) is 0 Å². The van der Waals surface area contributed by atoms with Gasteiger partial charge < -0.3 is 5.32 Å². The minimum absolute atomic E-state index is 0. The molecule has 0 spiro atoms. The molecule has 1 aromatic rings. The van der Waals surface area contributed by atoms with Gasteiger partial charge in [-0.15, -0.1) is 23.7 Å². The molecule has 1 rings (SSSR count). The quantitative estimate of drug-likeness (QED) is 0.867. The topological polar surface area (TPSA) is 49.4 Å². The first-order valence-electron chi connectivity index (χ1n) is 5.22. The van der Waals surface area contributed by atoms with Gasteiger partial charge in [-0.2, -0.15) is 4.31 Å². The summed E-state index contributed by atoms with van der Waals surface area (Å²) in [5.41, 5.74) is 0. The van der Waals surface area contributed by atoms with Crippen molar-refractivity contribution in [2.24, 2.45) is 0 Å². The number of halogens is 1. The lowest BCUT2D eigenvalue weighted by atomic mass is 10.4. The maximum atomic E-state index is 12.1. The molecule has 0 radical (unpaired) electrons. The van der Waals surface area contributed by atoms with E-state index in [-0.39, 0.29) is 12.4 Å². The zero-order valence-electron chi connectivity index (χ0n) is 10.3. The Morgan fingerprint density at radius 3 is 2.53 bits per heavy atom. The largest absolute Gasteiger partial charge is 0.318 e. The summed E-state index contributed by atoms with van der Waals surface area (Å²) in [6.45, 7) is 3.16. The van der Waals surface area contributed by atoms with Gasteiger partial charge in [0.1, 0.15) is 4.21 Å². The zero-order valence-corrected chi connectivity index (χ0v) is 12.7. The molecule has 0 atom stereocenters. The number of aryl methyl sites for hydroxylation is 1. The summed E-state index contributed by atoms with van der Waals surface area (Å²) in [7, 11) is 0.127. The van der Waals surface area contributed by atoms with Gasteiger partial charge in [0.05, 0.1) is 0 Å². The highest BCUT2D eigenvalue weighted by Crippen LogP contribution is 2.24. The van der Waals surface area contributed by atoms with Gasteiger partial charge in [-0.1, -0.05) is 6.92 Å². The number of nitrogens with one attached hydrogen (secondary N) is 1. The van der Waals surface area contributed by atoms with Gasteiger partial charge >= 0.3 is 0 Å². The maximum Gasteiger partial charge on any atom is 0.252 e. The van der Waals surface area contributed by atoms with E-state index in [1.807, 2.05) is 13.0 Å². The molecule has 0 saturated heterocycles. The zero-order chi connectivity index (χ0) is 12.2. The van der Waals surface area contributed by atoms with Crippen LogP contribution in [-0.2, 0) is 16.4 Å². The molecule has 0 saturated carbocycles. The van der Waals surface area contributed by atoms with Crippen LogP contribution in [0.15, 0.2) is 16.3 Å². The lowest BCUT2D eigenvalue weighted by molar-refractivity contribution is 0.467. The molecule has 0 bridgehead atoms. The molecule has 0 unspecified atom stereocenters. The van der Waals surface area contributed by atoms with Crippen LogP contribution in [0.1, 0.15) is 11.8 Å². The number of hydrogen-bond acceptors (Lipinski definition) is 4. The summed E-state index contributed by atoms with van der Waals surface area (Å²) in [5.74, 6) is 0. The number of sulfonamides is 1. The Morgan fingerprint density at radius 2 is 2.06 bits per heavy atom. The van der Waals surface area contributed by atoms with Gasteiger partial charge in [0, 0.05) is 25.0 Å². The third-order valence-electron chi connectivity index (χ3n) is 2.33. The Labute approximate surface area is 113 Å². The molecule has 0 aromatic carbocycles. The fourth-order valence-electron chi connectivity index (χ4n) is 1.23. The van der Waals surface area contributed by atoms with Crippen LogP contribution in [0.5, 0.6) is 0 Å². The van der Waals surface area contributed by atoms with Crippen molar-refractivity contribution in [1.82, 2.24) is 9.62 Å². The third kappa shape index (κ3) is 4.22. The first kappa shape index (κ1) is 16.9. The predicted molar refractivity (Wildman–Crippen MR) is 74.7 cm³/mol. The van der Waals surface area contributed by atoms with Crippen molar-refractivity contribution in [2.75, 3.05) is 27.2 Å². The molecule has 100 valence electrons. The van der Waals surface area contributed by atoms with E-state index in [2.05, 4.69) is 5.32 Å². The van der Waals surface area contributed by atoms with Crippen molar-refractivity contribution in [3.8, 4) is 0 Å². The van der Waals surface area contributed by atoms with Gasteiger partial charge in [-0.05, 0) is 25.6 Å². The highest BCUT2D eigenvalue weighted by molar-refractivity contribution is 7.91. The monoisotopic (exact) mass is 298 g/mol. The standard InChI is InChI=1S/C10H18N2O2S2.ClH/c1-4-9-5-6-10(15-9)16(13,14)12(3)8-7-11-2;/h5-6,11H,4,7-8H2,1-3H3;1H. The van der Waals surface area contributed by atoms with Gasteiger partial charge in [-0.25, -0.2) is 8.42 Å². The number of hydrogen-bond donors (Lipinski definition) is 1. The minimum Gasteiger partial charge on any atom is -0.318 e. The molecule has 1 N–H and O–H groups in total. The van der Waals surface area contributed by atoms with Crippen molar-refractivity contribution in [3.63, 3.8) is 0 Å². The fourth-order valence-corrected chi connectivity index (χ4v) is 3.91. The molecule has 0 aliphatic rings. The van der Waals surface area contributed by atoms with Crippen molar-refractivity contribution in [3.05, 3.63) is 17.0 Å². The maximum absolute atomic E-state index is 12.1. The SMILES string of the molecule is CCc1ccc(S(=O)(=O)N(C)CCNC)s1.Cl. The average molecular weight is 299 g/mol. The van der Waals surface area contributed by atoms with Crippen LogP contribution in [-0.4, -0.2) is 39.9 Å². The Bertz CT molecular complexity index is 431. The second kappa shape index (κ2) is 7.33. The Morgan fingerprint density at radius 1 is 1.41 bits per heavy atom. The average Bonchev–Trinajstić information content (AvgIpc) is 2.74. The van der Waals surface area contributed by atoms with Crippen LogP contribution in [0.2, 0.25) is 0 Å². The molecular formula is C10H19ClN2O2S2. The van der Waals surface area contributed by atoms with E-state index in [1.165, 1.54) is 15.6 Å². The van der Waals surface area contributed by atoms with Crippen molar-refractivity contribution in [1.29, 1.82) is 0 Å². The summed E-state index contributed by atoms with van der Waals surface area (Å²) in [6, 6.07) is 3.57. The number of likely N-dealkylation sites (N-methyl/N-ethyl adjacent to an activating group) is 2. The fraction of sp³-hybridized carbons (Fsp3) is 0.600. The number of nitrogens with zero attached hydrogens (tertiary/aromatic N) is 1. The van der Waals surface area contributed by atoms with Gasteiger partial charge in [0.25, 0.3) is 10.0 Å². The molecule has 1 heterocycles. The summed E-state index contributed by atoms with van der Waals surface area (Å²) in [6.07, 6.45) is 0.875. The summed E-state index contributed by atoms with van der Waals surface area (Å²) in [4.78, 5) is 1.10. The van der Waals surface area contributed by atoms with E-state index >= 15 is 0 Å². The van der Waals surface area contributed by atoms with E-state index in [0.29, 0.717) is 17.3 Å². The summed E-state index contributed by atoms with van der Waals surface area (Å²) >= 11 is 1.35. The molecule has 1 aromatic heterocycles. The first-order chi connectivity index (χ1) is 7.52. The van der Waals surface area contributed by atoms with E-state index in [0.717, 1.165) is 11.3 Å². The first-order valence-corrected chi connectivity index (χ1v) is 7.47. The van der Waals surface area contributed by atoms with Crippen LogP contribution >= 0.6 is 23.7 Å². The molecule has 17 heavy (non-hydrogen) atoms. The van der Waals surface area contributed by atoms with Crippen molar-refractivity contribution in [2.45, 2.75) is 17.6 Å². The second-order valence-electron chi connectivity index (χ2n) is 3.50. The van der Waals surface area contributed by atoms with E-state index < -0.39 is 10.0 Å². The Hall–Kier alpha value is -0.140. The highest BCUT2D eigenvalue weighted by atomic mass is 35.5. The molecule has 4 nitrogen and oxygen atoms in total. The molecule has 0 aliphatic heterocycles. The summed E-state index contributed by atoms with van der Waals surface area (Å²) in [5, 5.41) is 2.94. The molecule has 7 heteroatoms. The van der Waals surface area contributed by atoms with Gasteiger partial charge in [0.15, 0.2) is 0 Å². The Balaban J connectivity index is 0.00000256. The third-order valence-corrected chi connectivity index (χ3v) is 5.88. The summed E-state index contributed by atoms with van der Waals surface area (Å²) < 4.78 is 26.0. The van der Waals surface area contributed by atoms with E-state index in [1.54, 1.807) is 20.2 Å². The number of rotatable bonds is 6. The lowest BCUT2D eigenvalue weighted by Crippen LogP contribution is -2.32. The van der Waals surface area contributed by atoms with Crippen molar-refractivity contribution < 1.29 is 8.42 Å². The van der Waals surface area contributed by atoms with E-state index in [9.17, 15) is 8.42 Å². The predicted octanol–water partition coefficient (Wildman–Crippen LogP) is 1.57. The van der Waals surface area contributed by atoms with Crippen LogP contribution in [0.3, 0.4) is 0 Å². The van der Waals surface area contributed by atoms with Crippen LogP contribution in [0.4, 0.5) is 0 Å². The lowest BCUT2D eigenvalue weighted by Gasteiger charge is -2.15. The van der Waals surface area contributed by atoms with Crippen LogP contribution in [0, 0.1) is 0 Å². The minimum atomic E-state index is -3.29. The smallest absolute Gasteiger partial charge is 0.252 e. The second-order valence-corrected chi connectivity index (χ2v) is 6.94. The van der Waals surface area contributed by atoms with Crippen LogP contribution in [0.25, 0.3) is 0 Å². The normalized spacial score (nSPS) is 11.5. The van der Waals surface area contributed by atoms with Gasteiger partial charge in [-0.3, -0.25) is 0 Å². The number of thiophene rings is 1. The molecule has 0 aliphatic carbocycles. The highest BCUT2D eigenvalue weighted by Gasteiger charge is 2.21. The van der Waals surface area contributed by atoms with Crippen molar-refractivity contribution >= 4 is 33.8 Å². The Kier molecular flexibility index (Phi) is 7.27. The van der Waals surface area contributed by atoms with Gasteiger partial charge in [0.2, 0.25) is 0 Å². The molecule has 0 amide bonds. The molecular weight excluding hydrogens is 280 g/mol.